The maximum atomic E-state index is 13.9. The first kappa shape index (κ1) is 35.2. The highest BCUT2D eigenvalue weighted by Crippen LogP contribution is 2.48. The second-order valence-electron chi connectivity index (χ2n) is 14.6. The Hall–Kier alpha value is -5.25. The van der Waals surface area contributed by atoms with Crippen LogP contribution in [0.5, 0.6) is 0 Å². The van der Waals surface area contributed by atoms with Gasteiger partial charge in [0.15, 0.2) is 12.3 Å². The molecule has 10 heteroatoms. The van der Waals surface area contributed by atoms with E-state index >= 15 is 0 Å². The van der Waals surface area contributed by atoms with Gasteiger partial charge in [-0.25, -0.2) is 0 Å². The van der Waals surface area contributed by atoms with E-state index < -0.39 is 51.2 Å². The van der Waals surface area contributed by atoms with Gasteiger partial charge >= 0.3 is 12.4 Å². The highest BCUT2D eigenvalue weighted by molar-refractivity contribution is 6.15. The van der Waals surface area contributed by atoms with E-state index in [2.05, 4.69) is 0 Å². The van der Waals surface area contributed by atoms with Crippen LogP contribution in [0.4, 0.5) is 37.7 Å². The van der Waals surface area contributed by atoms with Gasteiger partial charge in [0.05, 0.1) is 33.0 Å². The molecule has 0 spiro atoms. The van der Waals surface area contributed by atoms with Gasteiger partial charge in [-0.05, 0) is 61.4 Å². The van der Waals surface area contributed by atoms with Gasteiger partial charge in [-0.1, -0.05) is 74.5 Å². The molecular weight excluding hydrogens is 678 g/mol. The molecule has 2 aliphatic heterocycles. The zero-order chi connectivity index (χ0) is 37.4. The molecule has 4 nitrogen and oxygen atoms in total. The fourth-order valence-corrected chi connectivity index (χ4v) is 7.70. The molecule has 266 valence electrons. The van der Waals surface area contributed by atoms with Crippen LogP contribution in [0.15, 0.2) is 107 Å². The Morgan fingerprint density at radius 1 is 0.692 bits per heavy atom. The van der Waals surface area contributed by atoms with E-state index in [1.807, 2.05) is 70.1 Å². The van der Waals surface area contributed by atoms with Crippen LogP contribution in [-0.4, -0.2) is 16.3 Å². The van der Waals surface area contributed by atoms with Crippen molar-refractivity contribution in [3.63, 3.8) is 0 Å². The molecule has 2 aliphatic rings. The van der Waals surface area contributed by atoms with Crippen molar-refractivity contribution in [2.45, 2.75) is 70.0 Å². The predicted octanol–water partition coefficient (Wildman–Crippen LogP) is 7.52. The minimum atomic E-state index is -4.56. The van der Waals surface area contributed by atoms with Crippen LogP contribution in [0.25, 0.3) is 12.2 Å². The summed E-state index contributed by atoms with van der Waals surface area (Å²) in [6.07, 6.45) is -6.06. The number of benzene rings is 4. The fraction of sp³-hybridized carbons (Fsp3) is 0.262. The third-order valence-corrected chi connectivity index (χ3v) is 10.6. The van der Waals surface area contributed by atoms with Gasteiger partial charge in [-0.2, -0.15) is 30.9 Å². The summed E-state index contributed by atoms with van der Waals surface area (Å²) in [5.41, 5.74) is -0.294. The molecule has 0 bridgehead atoms. The van der Waals surface area contributed by atoms with Gasteiger partial charge in [0.1, 0.15) is 0 Å². The quantitative estimate of drug-likeness (QED) is 0.135. The standard InChI is InChI=1S/C42H35F6N2O2/c1-39(2)31-19-27(41(43,44)45)15-17-33(31)49(23-25-11-7-5-8-12-25)35(39)21-29-37(51)30(38(29)52)22-36-40(3,4)32-20-28(42(46,47)48)16-18-34(32)50(36)24-26-13-9-6-10-14-26/h5-22,35H,23-24H2,1-4H3/q+1. The molecule has 1 unspecified atom stereocenters. The van der Waals surface area contributed by atoms with Gasteiger partial charge in [-0.3, -0.25) is 9.59 Å². The number of hydrogen-bond acceptors (Lipinski definition) is 3. The van der Waals surface area contributed by atoms with Gasteiger partial charge in [0.2, 0.25) is 16.5 Å². The predicted molar refractivity (Wildman–Crippen MR) is 190 cm³/mol. The van der Waals surface area contributed by atoms with Crippen LogP contribution in [0.1, 0.15) is 61.1 Å². The lowest BCUT2D eigenvalue weighted by Crippen LogP contribution is -2.66. The lowest BCUT2D eigenvalue weighted by molar-refractivity contribution is -0.454. The molecule has 0 saturated carbocycles. The SMILES string of the molecule is CC1(C)C(C=c2c(=O)c(=CC3N(Cc4ccccc4)c4ccc(C(F)(F)F)cc4C3(C)C)c2=O)=[N+](Cc2ccccc2)c2ccc(C(F)(F)F)cc21. The van der Waals surface area contributed by atoms with E-state index in [4.69, 9.17) is 0 Å². The Morgan fingerprint density at radius 3 is 1.81 bits per heavy atom. The summed E-state index contributed by atoms with van der Waals surface area (Å²) in [5.74, 6) is 0. The number of hydrogen-bond donors (Lipinski definition) is 0. The van der Waals surface area contributed by atoms with E-state index in [0.717, 1.165) is 35.4 Å². The summed E-state index contributed by atoms with van der Waals surface area (Å²) in [6.45, 7) is 7.74. The van der Waals surface area contributed by atoms with Crippen LogP contribution < -0.4 is 26.2 Å². The Balaban J connectivity index is 1.36. The smallest absolute Gasteiger partial charge is 0.360 e. The number of rotatable bonds is 6. The topological polar surface area (TPSA) is 40.4 Å². The summed E-state index contributed by atoms with van der Waals surface area (Å²) in [5, 5.41) is -0.173. The molecule has 2 heterocycles. The maximum Gasteiger partial charge on any atom is 0.416 e. The number of alkyl halides is 6. The molecular formula is C42H35F6N2O2+. The third kappa shape index (κ3) is 5.87. The normalized spacial score (nSPS) is 17.7. The summed E-state index contributed by atoms with van der Waals surface area (Å²) >= 11 is 0. The molecule has 1 atom stereocenters. The van der Waals surface area contributed by atoms with Crippen molar-refractivity contribution in [3.8, 4) is 0 Å². The van der Waals surface area contributed by atoms with Crippen LogP contribution in [-0.2, 0) is 36.3 Å². The number of fused-ring (bicyclic) bond motifs is 2. The lowest BCUT2D eigenvalue weighted by atomic mass is 9.79. The molecule has 0 radical (unpaired) electrons. The first-order valence-corrected chi connectivity index (χ1v) is 16.8. The van der Waals surface area contributed by atoms with Crippen LogP contribution >= 0.6 is 0 Å². The van der Waals surface area contributed by atoms with Crippen molar-refractivity contribution in [1.82, 2.24) is 0 Å². The monoisotopic (exact) mass is 713 g/mol. The van der Waals surface area contributed by atoms with E-state index in [9.17, 15) is 35.9 Å². The number of nitrogens with zero attached hydrogens (tertiary/aromatic N) is 2. The average Bonchev–Trinajstić information content (AvgIpc) is 3.43. The highest BCUT2D eigenvalue weighted by Gasteiger charge is 2.48. The highest BCUT2D eigenvalue weighted by atomic mass is 19.4. The van der Waals surface area contributed by atoms with Crippen molar-refractivity contribution in [2.24, 2.45) is 0 Å². The molecule has 7 rings (SSSR count). The van der Waals surface area contributed by atoms with E-state index in [1.54, 1.807) is 33.8 Å². The third-order valence-electron chi connectivity index (χ3n) is 10.6. The summed E-state index contributed by atoms with van der Waals surface area (Å²) in [7, 11) is 0. The minimum absolute atomic E-state index is 0.0749. The molecule has 0 aromatic heterocycles. The largest absolute Gasteiger partial charge is 0.416 e. The average molecular weight is 714 g/mol. The number of anilines is 1. The molecule has 0 fully saturated rings. The minimum Gasteiger partial charge on any atom is -0.360 e. The molecule has 0 N–H and O–H groups in total. The number of halogens is 6. The van der Waals surface area contributed by atoms with Crippen molar-refractivity contribution < 1.29 is 30.9 Å². The summed E-state index contributed by atoms with van der Waals surface area (Å²) in [4.78, 5) is 29.7. The Bertz CT molecular complexity index is 2400. The van der Waals surface area contributed by atoms with E-state index in [-0.39, 0.29) is 17.0 Å². The zero-order valence-corrected chi connectivity index (χ0v) is 28.9. The van der Waals surface area contributed by atoms with Crippen LogP contribution in [0.2, 0.25) is 0 Å². The maximum absolute atomic E-state index is 13.9. The molecule has 0 saturated heterocycles. The van der Waals surface area contributed by atoms with Gasteiger partial charge in [0.25, 0.3) is 0 Å². The van der Waals surface area contributed by atoms with Gasteiger partial charge in [-0.15, -0.1) is 0 Å². The Labute approximate surface area is 296 Å². The van der Waals surface area contributed by atoms with Crippen molar-refractivity contribution in [2.75, 3.05) is 4.90 Å². The second kappa shape index (κ2) is 12.2. The fourth-order valence-electron chi connectivity index (χ4n) is 7.70. The van der Waals surface area contributed by atoms with Gasteiger partial charge < -0.3 is 4.90 Å². The van der Waals surface area contributed by atoms with Crippen molar-refractivity contribution in [3.05, 3.63) is 161 Å². The van der Waals surface area contributed by atoms with Crippen LogP contribution in [0, 0.1) is 0 Å². The Kier molecular flexibility index (Phi) is 8.23. The van der Waals surface area contributed by atoms with Gasteiger partial charge in [0, 0.05) is 40.9 Å². The van der Waals surface area contributed by atoms with Crippen molar-refractivity contribution in [1.29, 1.82) is 0 Å². The lowest BCUT2D eigenvalue weighted by Gasteiger charge is -2.32. The molecule has 0 aliphatic carbocycles. The summed E-state index contributed by atoms with van der Waals surface area (Å²) in [6, 6.07) is 25.3. The molecule has 5 aromatic rings. The van der Waals surface area contributed by atoms with E-state index in [1.165, 1.54) is 18.2 Å². The second-order valence-corrected chi connectivity index (χ2v) is 14.6. The van der Waals surface area contributed by atoms with E-state index in [0.29, 0.717) is 34.8 Å². The zero-order valence-electron chi connectivity index (χ0n) is 28.9. The molecule has 0 amide bonds. The summed E-state index contributed by atoms with van der Waals surface area (Å²) < 4.78 is 84.8. The Morgan fingerprint density at radius 2 is 1.23 bits per heavy atom. The molecule has 5 aromatic carbocycles. The van der Waals surface area contributed by atoms with Crippen molar-refractivity contribution >= 4 is 29.2 Å². The molecule has 52 heavy (non-hydrogen) atoms. The first-order valence-electron chi connectivity index (χ1n) is 16.8. The van der Waals surface area contributed by atoms with Crippen LogP contribution in [0.3, 0.4) is 0 Å². The first-order chi connectivity index (χ1) is 24.4.